The van der Waals surface area contributed by atoms with Crippen LogP contribution in [0.4, 0.5) is 0 Å². The molecule has 1 fully saturated rings. The molecule has 10 heteroatoms. The summed E-state index contributed by atoms with van der Waals surface area (Å²) in [6, 6.07) is 15.0. The molecule has 0 spiro atoms. The highest BCUT2D eigenvalue weighted by Crippen LogP contribution is 2.28. The maximum atomic E-state index is 13.2. The van der Waals surface area contributed by atoms with Gasteiger partial charge < -0.3 is 19.3 Å². The normalized spacial score (nSPS) is 17.7. The van der Waals surface area contributed by atoms with Crippen molar-refractivity contribution in [1.82, 2.24) is 24.8 Å². The zero-order valence-electron chi connectivity index (χ0n) is 19.4. The third kappa shape index (κ3) is 5.01. The van der Waals surface area contributed by atoms with E-state index in [-0.39, 0.29) is 24.5 Å². The van der Waals surface area contributed by atoms with E-state index in [0.29, 0.717) is 55.6 Å². The number of piperazine rings is 1. The molecule has 0 aliphatic carbocycles. The molecule has 2 aromatic carbocycles. The molecule has 182 valence electrons. The lowest BCUT2D eigenvalue weighted by molar-refractivity contribution is -0.131. The number of methoxy groups -OCH3 is 1. The first-order valence-corrected chi connectivity index (χ1v) is 11.9. The molecule has 1 saturated heterocycles. The van der Waals surface area contributed by atoms with Gasteiger partial charge in [0.15, 0.2) is 5.69 Å². The summed E-state index contributed by atoms with van der Waals surface area (Å²) in [6.07, 6.45) is 0.143. The van der Waals surface area contributed by atoms with E-state index >= 15 is 0 Å². The Labute approximate surface area is 208 Å². The molecule has 2 aliphatic rings. The lowest BCUT2D eigenvalue weighted by atomic mass is 10.1. The molecule has 3 aromatic rings. The van der Waals surface area contributed by atoms with Gasteiger partial charge in [-0.05, 0) is 35.4 Å². The fourth-order valence-electron chi connectivity index (χ4n) is 4.40. The zero-order valence-corrected chi connectivity index (χ0v) is 20.1. The average molecular weight is 496 g/mol. The van der Waals surface area contributed by atoms with Crippen LogP contribution in [-0.4, -0.2) is 69.9 Å². The van der Waals surface area contributed by atoms with E-state index < -0.39 is 0 Å². The Hall–Kier alpha value is -3.43. The van der Waals surface area contributed by atoms with E-state index in [1.807, 2.05) is 36.4 Å². The van der Waals surface area contributed by atoms with Crippen molar-refractivity contribution in [3.63, 3.8) is 0 Å². The second-order valence-electron chi connectivity index (χ2n) is 8.62. The van der Waals surface area contributed by atoms with Crippen LogP contribution < -0.4 is 4.74 Å². The minimum Gasteiger partial charge on any atom is -0.497 e. The predicted octanol–water partition coefficient (Wildman–Crippen LogP) is 2.74. The topological polar surface area (TPSA) is 89.8 Å². The average Bonchev–Trinajstić information content (AvgIpc) is 3.33. The Morgan fingerprint density at radius 2 is 1.71 bits per heavy atom. The Balaban J connectivity index is 1.18. The molecule has 1 aromatic heterocycles. The summed E-state index contributed by atoms with van der Waals surface area (Å²) in [7, 11) is 1.63. The number of carbonyl (C=O) groups is 2. The highest BCUT2D eigenvalue weighted by atomic mass is 35.5. The van der Waals surface area contributed by atoms with E-state index in [1.54, 1.807) is 33.7 Å². The van der Waals surface area contributed by atoms with Crippen LogP contribution >= 0.6 is 11.6 Å². The van der Waals surface area contributed by atoms with Crippen molar-refractivity contribution in [3.8, 4) is 5.75 Å². The molecule has 2 amide bonds. The summed E-state index contributed by atoms with van der Waals surface area (Å²) in [4.78, 5) is 29.4. The fraction of sp³-hybridized carbons (Fsp3) is 0.360. The van der Waals surface area contributed by atoms with Crippen LogP contribution in [0.2, 0.25) is 5.02 Å². The third-order valence-electron chi connectivity index (χ3n) is 6.48. The molecule has 0 bridgehead atoms. The third-order valence-corrected chi connectivity index (χ3v) is 6.73. The van der Waals surface area contributed by atoms with Crippen LogP contribution in [0.5, 0.6) is 5.75 Å². The minimum atomic E-state index is -0.178. The highest BCUT2D eigenvalue weighted by molar-refractivity contribution is 6.30. The van der Waals surface area contributed by atoms with E-state index in [2.05, 4.69) is 10.3 Å². The van der Waals surface area contributed by atoms with Crippen molar-refractivity contribution in [1.29, 1.82) is 0 Å². The van der Waals surface area contributed by atoms with Crippen molar-refractivity contribution in [2.24, 2.45) is 0 Å². The van der Waals surface area contributed by atoms with Crippen LogP contribution in [0, 0.1) is 0 Å². The molecule has 0 N–H and O–H groups in total. The predicted molar refractivity (Wildman–Crippen MR) is 128 cm³/mol. The SMILES string of the molecule is COc1ccc([C@@H]2Cn3nnc(C(=O)N4CCN(C(=O)Cc5ccc(Cl)cc5)CC4)c3CO2)cc1. The summed E-state index contributed by atoms with van der Waals surface area (Å²) in [5.41, 5.74) is 2.93. The number of benzene rings is 2. The fourth-order valence-corrected chi connectivity index (χ4v) is 4.52. The van der Waals surface area contributed by atoms with Gasteiger partial charge in [-0.1, -0.05) is 41.1 Å². The van der Waals surface area contributed by atoms with Gasteiger partial charge in [-0.15, -0.1) is 5.10 Å². The van der Waals surface area contributed by atoms with Crippen molar-refractivity contribution in [2.75, 3.05) is 33.3 Å². The van der Waals surface area contributed by atoms with Crippen LogP contribution in [0.3, 0.4) is 0 Å². The molecule has 3 heterocycles. The lowest BCUT2D eigenvalue weighted by Gasteiger charge is -2.34. The van der Waals surface area contributed by atoms with Crippen LogP contribution in [-0.2, 0) is 29.1 Å². The molecule has 0 unspecified atom stereocenters. The van der Waals surface area contributed by atoms with Gasteiger partial charge in [0.2, 0.25) is 5.91 Å². The van der Waals surface area contributed by atoms with E-state index in [0.717, 1.165) is 16.9 Å². The quantitative estimate of drug-likeness (QED) is 0.540. The minimum absolute atomic E-state index is 0.0402. The van der Waals surface area contributed by atoms with Crippen molar-refractivity contribution < 1.29 is 19.1 Å². The molecular formula is C25H26ClN5O4. The number of carbonyl (C=O) groups excluding carboxylic acids is 2. The van der Waals surface area contributed by atoms with Gasteiger partial charge in [0.1, 0.15) is 11.9 Å². The summed E-state index contributed by atoms with van der Waals surface area (Å²) >= 11 is 5.92. The Bertz CT molecular complexity index is 1200. The zero-order chi connectivity index (χ0) is 24.4. The van der Waals surface area contributed by atoms with E-state index in [9.17, 15) is 9.59 Å². The molecule has 9 nitrogen and oxygen atoms in total. The Morgan fingerprint density at radius 1 is 1.03 bits per heavy atom. The first-order valence-electron chi connectivity index (χ1n) is 11.5. The molecule has 0 radical (unpaired) electrons. The molecule has 35 heavy (non-hydrogen) atoms. The van der Waals surface area contributed by atoms with Gasteiger partial charge >= 0.3 is 0 Å². The molecule has 0 saturated carbocycles. The van der Waals surface area contributed by atoms with Gasteiger partial charge in [-0.25, -0.2) is 4.68 Å². The lowest BCUT2D eigenvalue weighted by Crippen LogP contribution is -2.51. The van der Waals surface area contributed by atoms with Crippen molar-refractivity contribution >= 4 is 23.4 Å². The summed E-state index contributed by atoms with van der Waals surface area (Å²) in [5.74, 6) is 0.645. The summed E-state index contributed by atoms with van der Waals surface area (Å²) in [6.45, 7) is 2.61. The second-order valence-corrected chi connectivity index (χ2v) is 9.05. The largest absolute Gasteiger partial charge is 0.497 e. The van der Waals surface area contributed by atoms with Gasteiger partial charge in [0, 0.05) is 31.2 Å². The van der Waals surface area contributed by atoms with E-state index in [1.165, 1.54) is 0 Å². The van der Waals surface area contributed by atoms with E-state index in [4.69, 9.17) is 21.1 Å². The number of nitrogens with zero attached hydrogens (tertiary/aromatic N) is 5. The number of aromatic nitrogens is 3. The number of amides is 2. The molecule has 1 atom stereocenters. The first kappa shape index (κ1) is 23.3. The van der Waals surface area contributed by atoms with Crippen molar-refractivity contribution in [3.05, 3.63) is 76.1 Å². The maximum Gasteiger partial charge on any atom is 0.276 e. The van der Waals surface area contributed by atoms with Crippen LogP contribution in [0.25, 0.3) is 0 Å². The van der Waals surface area contributed by atoms with Gasteiger partial charge in [0.05, 0.1) is 32.4 Å². The smallest absolute Gasteiger partial charge is 0.276 e. The number of rotatable bonds is 5. The summed E-state index contributed by atoms with van der Waals surface area (Å²) in [5, 5.41) is 9.04. The summed E-state index contributed by atoms with van der Waals surface area (Å²) < 4.78 is 13.0. The Morgan fingerprint density at radius 3 is 2.40 bits per heavy atom. The van der Waals surface area contributed by atoms with Gasteiger partial charge in [-0.2, -0.15) is 0 Å². The number of halogens is 1. The number of hydrogen-bond acceptors (Lipinski definition) is 6. The first-order chi connectivity index (χ1) is 17.0. The molecular weight excluding hydrogens is 470 g/mol. The molecule has 5 rings (SSSR count). The standard InChI is InChI=1S/C25H26ClN5O4/c1-34-20-8-4-18(5-9-20)22-15-31-21(16-35-22)24(27-28-31)25(33)30-12-10-29(11-13-30)23(32)14-17-2-6-19(26)7-3-17/h2-9,22H,10-16H2,1H3/t22-/m0/s1. The highest BCUT2D eigenvalue weighted by Gasteiger charge is 2.32. The number of hydrogen-bond donors (Lipinski definition) is 0. The Kier molecular flexibility index (Phi) is 6.70. The van der Waals surface area contributed by atoms with Crippen LogP contribution in [0.15, 0.2) is 48.5 Å². The molecule has 2 aliphatic heterocycles. The number of fused-ring (bicyclic) bond motifs is 1. The second kappa shape index (κ2) is 10.1. The van der Waals surface area contributed by atoms with Crippen LogP contribution in [0.1, 0.15) is 33.4 Å². The monoisotopic (exact) mass is 495 g/mol. The number of ether oxygens (including phenoxy) is 2. The maximum absolute atomic E-state index is 13.2. The van der Waals surface area contributed by atoms with Gasteiger partial charge in [-0.3, -0.25) is 9.59 Å². The van der Waals surface area contributed by atoms with Gasteiger partial charge in [0.25, 0.3) is 5.91 Å². The van der Waals surface area contributed by atoms with Crippen molar-refractivity contribution in [2.45, 2.75) is 25.7 Å².